The van der Waals surface area contributed by atoms with Crippen molar-refractivity contribution in [2.75, 3.05) is 25.0 Å². The van der Waals surface area contributed by atoms with Gasteiger partial charge in [0.15, 0.2) is 29.8 Å². The van der Waals surface area contributed by atoms with Crippen LogP contribution in [0.25, 0.3) is 0 Å². The fraction of sp³-hybridized carbons (Fsp3) is 0.429. The van der Waals surface area contributed by atoms with Gasteiger partial charge in [0, 0.05) is 0 Å². The molecule has 2 atom stereocenters. The van der Waals surface area contributed by atoms with E-state index in [9.17, 15) is 31.5 Å². The number of hydrogen-bond donors (Lipinski definition) is 3. The molecule has 1 saturated heterocycles. The third-order valence-electron chi connectivity index (χ3n) is 3.91. The van der Waals surface area contributed by atoms with E-state index in [4.69, 9.17) is 5.73 Å². The fourth-order valence-corrected chi connectivity index (χ4v) is 2.68. The first-order chi connectivity index (χ1) is 11.2. The Labute approximate surface area is 133 Å². The van der Waals surface area contributed by atoms with Crippen LogP contribution >= 0.6 is 0 Å². The summed E-state index contributed by atoms with van der Waals surface area (Å²) in [7, 11) is 0. The molecule has 1 heterocycles. The Balaban J connectivity index is 2.09. The van der Waals surface area contributed by atoms with Gasteiger partial charge in [-0.2, -0.15) is 0 Å². The number of nitrogens with two attached hydrogens (primary N) is 1. The van der Waals surface area contributed by atoms with Gasteiger partial charge in [-0.1, -0.05) is 0 Å². The van der Waals surface area contributed by atoms with E-state index in [1.165, 1.54) is 0 Å². The van der Waals surface area contributed by atoms with E-state index >= 15 is 0 Å². The molecule has 1 aliphatic heterocycles. The molecule has 132 valence electrons. The minimum absolute atomic E-state index is 0.264. The molecule has 2 rings (SSSR count). The molecule has 24 heavy (non-hydrogen) atoms. The molecular weight excluding hydrogens is 337 g/mol. The van der Waals surface area contributed by atoms with Crippen molar-refractivity contribution >= 4 is 17.5 Å². The third kappa shape index (κ3) is 3.64. The van der Waals surface area contributed by atoms with Crippen molar-refractivity contribution in [2.24, 2.45) is 11.7 Å². The van der Waals surface area contributed by atoms with Crippen LogP contribution in [0.15, 0.2) is 0 Å². The van der Waals surface area contributed by atoms with Crippen molar-refractivity contribution in [1.82, 2.24) is 0 Å². The van der Waals surface area contributed by atoms with Gasteiger partial charge in [0.2, 0.25) is 11.7 Å². The van der Waals surface area contributed by atoms with E-state index in [2.05, 4.69) is 0 Å². The van der Waals surface area contributed by atoms with Crippen molar-refractivity contribution < 1.29 is 36.4 Å². The van der Waals surface area contributed by atoms with Crippen LogP contribution in [0.1, 0.15) is 12.8 Å². The number of halogens is 5. The lowest BCUT2D eigenvalue weighted by molar-refractivity contribution is -0.899. The summed E-state index contributed by atoms with van der Waals surface area (Å²) < 4.78 is 66.1. The fourth-order valence-electron chi connectivity index (χ4n) is 2.68. The Morgan fingerprint density at radius 3 is 2.12 bits per heavy atom. The number of primary amides is 1. The zero-order valence-corrected chi connectivity index (χ0v) is 12.4. The molecule has 5 nitrogen and oxygen atoms in total. The zero-order chi connectivity index (χ0) is 18.0. The third-order valence-corrected chi connectivity index (χ3v) is 3.91. The maximum atomic E-state index is 13.5. The molecule has 1 aliphatic rings. The minimum atomic E-state index is -2.30. The Bertz CT molecular complexity index is 654. The second-order valence-corrected chi connectivity index (χ2v) is 5.62. The van der Waals surface area contributed by atoms with E-state index in [-0.39, 0.29) is 13.1 Å². The van der Waals surface area contributed by atoms with E-state index in [0.29, 0.717) is 24.3 Å². The largest absolute Gasteiger partial charge is 0.369 e. The number of rotatable bonds is 4. The van der Waals surface area contributed by atoms with Gasteiger partial charge in [-0.05, 0) is 12.8 Å². The van der Waals surface area contributed by atoms with Gasteiger partial charge in [-0.3, -0.25) is 9.59 Å². The first-order valence-corrected chi connectivity index (χ1v) is 7.16. The molecule has 0 saturated carbocycles. The molecule has 2 amide bonds. The van der Waals surface area contributed by atoms with Gasteiger partial charge >= 0.3 is 0 Å². The topological polar surface area (TPSA) is 76.6 Å². The van der Waals surface area contributed by atoms with Crippen LogP contribution in [-0.4, -0.2) is 31.4 Å². The predicted molar refractivity (Wildman–Crippen MR) is 72.3 cm³/mol. The van der Waals surface area contributed by atoms with E-state index in [1.807, 2.05) is 0 Å². The normalized spacial score (nSPS) is 20.7. The summed E-state index contributed by atoms with van der Waals surface area (Å²) in [6.07, 6.45) is 1.21. The summed E-state index contributed by atoms with van der Waals surface area (Å²) in [4.78, 5) is 23.6. The number of carbonyl (C=O) groups excluding carboxylic acids is 2. The number of quaternary nitrogens is 1. The first kappa shape index (κ1) is 18.1. The molecule has 0 radical (unpaired) electrons. The maximum Gasteiger partial charge on any atom is 0.279 e. The standard InChI is InChI=1S/C14H14F5N3O2/c15-8-9(16)11(18)13(12(19)10(8)17)21-7(23)5-22-3-1-2-6(4-22)14(20)24/h6H,1-5H2,(H2,20,24)(H,21,23)/p+1/t6-/m0/s1. The molecule has 0 aliphatic carbocycles. The summed E-state index contributed by atoms with van der Waals surface area (Å²) in [6, 6.07) is 0. The number of piperidine rings is 1. The molecule has 1 unspecified atom stereocenters. The Morgan fingerprint density at radius 1 is 1.04 bits per heavy atom. The molecule has 4 N–H and O–H groups in total. The SMILES string of the molecule is NC(=O)[C@H]1CCC[NH+](CC(=O)Nc2c(F)c(F)c(F)c(F)c2F)C1. The van der Waals surface area contributed by atoms with Crippen molar-refractivity contribution in [3.63, 3.8) is 0 Å². The highest BCUT2D eigenvalue weighted by Crippen LogP contribution is 2.26. The summed E-state index contributed by atoms with van der Waals surface area (Å²) in [6.45, 7) is 0.497. The van der Waals surface area contributed by atoms with E-state index in [1.54, 1.807) is 5.32 Å². The Hall–Kier alpha value is -2.23. The van der Waals surface area contributed by atoms with Crippen LogP contribution in [0.4, 0.5) is 27.6 Å². The van der Waals surface area contributed by atoms with Crippen molar-refractivity contribution in [2.45, 2.75) is 12.8 Å². The second kappa shape index (κ2) is 7.12. The molecule has 1 aromatic rings. The van der Waals surface area contributed by atoms with Crippen molar-refractivity contribution in [3.8, 4) is 0 Å². The lowest BCUT2D eigenvalue weighted by Crippen LogP contribution is -3.14. The predicted octanol–water partition coefficient (Wildman–Crippen LogP) is 0.101. The van der Waals surface area contributed by atoms with Crippen LogP contribution in [-0.2, 0) is 9.59 Å². The number of anilines is 1. The van der Waals surface area contributed by atoms with Gasteiger partial charge in [-0.25, -0.2) is 22.0 Å². The van der Waals surface area contributed by atoms with Gasteiger partial charge < -0.3 is 16.0 Å². The molecule has 1 fully saturated rings. The minimum Gasteiger partial charge on any atom is -0.369 e. The molecule has 1 aromatic carbocycles. The Kier molecular flexibility index (Phi) is 5.37. The van der Waals surface area contributed by atoms with Crippen molar-refractivity contribution in [3.05, 3.63) is 29.1 Å². The van der Waals surface area contributed by atoms with Crippen LogP contribution < -0.4 is 16.0 Å². The average Bonchev–Trinajstić information content (AvgIpc) is 2.55. The molecule has 0 bridgehead atoms. The number of likely N-dealkylation sites (tertiary alicyclic amines) is 1. The highest BCUT2D eigenvalue weighted by molar-refractivity contribution is 5.91. The van der Waals surface area contributed by atoms with Gasteiger partial charge in [0.05, 0.1) is 19.0 Å². The van der Waals surface area contributed by atoms with Gasteiger partial charge in [-0.15, -0.1) is 0 Å². The van der Waals surface area contributed by atoms with E-state index in [0.717, 1.165) is 0 Å². The summed E-state index contributed by atoms with van der Waals surface area (Å²) in [5, 5.41) is 1.71. The zero-order valence-electron chi connectivity index (χ0n) is 12.4. The second-order valence-electron chi connectivity index (χ2n) is 5.62. The first-order valence-electron chi connectivity index (χ1n) is 7.16. The molecule has 0 aromatic heterocycles. The molecular formula is C14H15F5N3O2+. The number of benzene rings is 1. The highest BCUT2D eigenvalue weighted by Gasteiger charge is 2.30. The van der Waals surface area contributed by atoms with E-state index < -0.39 is 52.5 Å². The van der Waals surface area contributed by atoms with Crippen molar-refractivity contribution in [1.29, 1.82) is 0 Å². The summed E-state index contributed by atoms with van der Waals surface area (Å²) >= 11 is 0. The van der Waals surface area contributed by atoms with Crippen LogP contribution in [0.3, 0.4) is 0 Å². The summed E-state index contributed by atoms with van der Waals surface area (Å²) in [5.41, 5.74) is 3.81. The van der Waals surface area contributed by atoms with Gasteiger partial charge in [0.1, 0.15) is 5.69 Å². The average molecular weight is 352 g/mol. The van der Waals surface area contributed by atoms with Crippen LogP contribution in [0, 0.1) is 35.0 Å². The summed E-state index contributed by atoms with van der Waals surface area (Å²) in [5.74, 6) is -12.6. The lowest BCUT2D eigenvalue weighted by atomic mass is 9.97. The highest BCUT2D eigenvalue weighted by atomic mass is 19.2. The smallest absolute Gasteiger partial charge is 0.279 e. The van der Waals surface area contributed by atoms with Crippen LogP contribution in [0.5, 0.6) is 0 Å². The van der Waals surface area contributed by atoms with Crippen LogP contribution in [0.2, 0.25) is 0 Å². The molecule has 0 spiro atoms. The monoisotopic (exact) mass is 352 g/mol. The quantitative estimate of drug-likeness (QED) is 0.408. The lowest BCUT2D eigenvalue weighted by Gasteiger charge is -2.27. The molecule has 10 heteroatoms. The Morgan fingerprint density at radius 2 is 1.58 bits per heavy atom. The number of amides is 2. The van der Waals surface area contributed by atoms with Gasteiger partial charge in [0.25, 0.3) is 5.91 Å². The number of carbonyl (C=O) groups is 2. The number of nitrogens with one attached hydrogen (secondary N) is 2. The number of hydrogen-bond acceptors (Lipinski definition) is 2. The maximum absolute atomic E-state index is 13.5.